The van der Waals surface area contributed by atoms with Gasteiger partial charge in [-0.15, -0.1) is 0 Å². The lowest BCUT2D eigenvalue weighted by Gasteiger charge is -2.43. The third-order valence-corrected chi connectivity index (χ3v) is 6.26. The number of carbonyl (C=O) groups is 2. The number of aromatic nitrogens is 1. The molecule has 1 saturated heterocycles. The number of esters is 1. The first-order valence-electron chi connectivity index (χ1n) is 10.5. The largest absolute Gasteiger partial charge is 0.462 e. The fourth-order valence-electron chi connectivity index (χ4n) is 4.31. The van der Waals surface area contributed by atoms with Gasteiger partial charge in [0.25, 0.3) is 0 Å². The second kappa shape index (κ2) is 8.57. The van der Waals surface area contributed by atoms with Gasteiger partial charge in [-0.2, -0.15) is 0 Å². The minimum atomic E-state index is -0.323. The van der Waals surface area contributed by atoms with Crippen molar-refractivity contribution in [3.05, 3.63) is 29.1 Å². The van der Waals surface area contributed by atoms with Gasteiger partial charge in [0.1, 0.15) is 0 Å². The molecule has 0 atom stereocenters. The van der Waals surface area contributed by atoms with E-state index in [-0.39, 0.29) is 11.9 Å². The van der Waals surface area contributed by atoms with Crippen molar-refractivity contribution in [2.75, 3.05) is 45.9 Å². The molecule has 1 aromatic rings. The van der Waals surface area contributed by atoms with E-state index < -0.39 is 0 Å². The number of nitrogens with zero attached hydrogens (tertiary/aromatic N) is 4. The van der Waals surface area contributed by atoms with Crippen LogP contribution in [0, 0.1) is 0 Å². The number of fused-ring (bicyclic) bond motifs is 1. The fraction of sp³-hybridized carbons (Fsp3) is 0.667. The number of piperazine rings is 1. The van der Waals surface area contributed by atoms with Crippen LogP contribution in [0.3, 0.4) is 0 Å². The standard InChI is InChI=1S/C21H30N4O3/c1-2-28-21(27)17-12-16-6-7-23(14-19(16)22-13-17)15-20(26)25-10-8-24(9-11-25)18-4-3-5-18/h12-13,18H,2-11,14-15H2,1H3. The molecule has 1 amide bonds. The number of rotatable bonds is 5. The van der Waals surface area contributed by atoms with Crippen LogP contribution in [0.2, 0.25) is 0 Å². The van der Waals surface area contributed by atoms with E-state index in [9.17, 15) is 9.59 Å². The zero-order valence-electron chi connectivity index (χ0n) is 16.7. The Morgan fingerprint density at radius 1 is 1.18 bits per heavy atom. The predicted octanol–water partition coefficient (Wildman–Crippen LogP) is 1.31. The SMILES string of the molecule is CCOC(=O)c1cnc2c(c1)CCN(CC(=O)N1CCN(C3CCC3)CC1)C2. The molecule has 0 aromatic carbocycles. The Kier molecular flexibility index (Phi) is 5.92. The van der Waals surface area contributed by atoms with Gasteiger partial charge in [0.05, 0.1) is 24.4 Å². The third kappa shape index (κ3) is 4.20. The molecule has 152 valence electrons. The van der Waals surface area contributed by atoms with Gasteiger partial charge >= 0.3 is 5.97 Å². The molecule has 1 saturated carbocycles. The molecule has 0 N–H and O–H groups in total. The Morgan fingerprint density at radius 3 is 2.64 bits per heavy atom. The summed E-state index contributed by atoms with van der Waals surface area (Å²) in [4.78, 5) is 35.8. The van der Waals surface area contributed by atoms with Crippen LogP contribution in [0.4, 0.5) is 0 Å². The Bertz CT molecular complexity index is 726. The zero-order valence-corrected chi connectivity index (χ0v) is 16.7. The van der Waals surface area contributed by atoms with Crippen LogP contribution in [-0.2, 0) is 22.5 Å². The van der Waals surface area contributed by atoms with Crippen molar-refractivity contribution in [3.63, 3.8) is 0 Å². The molecule has 28 heavy (non-hydrogen) atoms. The van der Waals surface area contributed by atoms with Crippen molar-refractivity contribution < 1.29 is 14.3 Å². The molecular weight excluding hydrogens is 356 g/mol. The lowest BCUT2D eigenvalue weighted by molar-refractivity contribution is -0.135. The van der Waals surface area contributed by atoms with Gasteiger partial charge in [-0.25, -0.2) is 4.79 Å². The molecule has 2 aliphatic heterocycles. The van der Waals surface area contributed by atoms with E-state index >= 15 is 0 Å². The minimum absolute atomic E-state index is 0.222. The van der Waals surface area contributed by atoms with E-state index in [4.69, 9.17) is 4.74 Å². The van der Waals surface area contributed by atoms with Crippen LogP contribution in [0.15, 0.2) is 12.3 Å². The molecule has 0 bridgehead atoms. The predicted molar refractivity (Wildman–Crippen MR) is 105 cm³/mol. The highest BCUT2D eigenvalue weighted by atomic mass is 16.5. The first-order valence-corrected chi connectivity index (χ1v) is 10.5. The van der Waals surface area contributed by atoms with Crippen LogP contribution in [0.1, 0.15) is 47.8 Å². The maximum atomic E-state index is 12.7. The lowest BCUT2D eigenvalue weighted by atomic mass is 9.91. The third-order valence-electron chi connectivity index (χ3n) is 6.26. The van der Waals surface area contributed by atoms with Crippen molar-refractivity contribution in [2.24, 2.45) is 0 Å². The van der Waals surface area contributed by atoms with Gasteiger partial charge in [-0.3, -0.25) is 19.6 Å². The smallest absolute Gasteiger partial charge is 0.339 e. The molecule has 0 radical (unpaired) electrons. The second-order valence-corrected chi connectivity index (χ2v) is 8.01. The monoisotopic (exact) mass is 386 g/mol. The quantitative estimate of drug-likeness (QED) is 0.711. The zero-order chi connectivity index (χ0) is 19.5. The van der Waals surface area contributed by atoms with Gasteiger partial charge in [0.15, 0.2) is 0 Å². The second-order valence-electron chi connectivity index (χ2n) is 8.01. The number of hydrogen-bond acceptors (Lipinski definition) is 6. The van der Waals surface area contributed by atoms with E-state index in [2.05, 4.69) is 14.8 Å². The molecule has 2 fully saturated rings. The number of hydrogen-bond donors (Lipinski definition) is 0. The summed E-state index contributed by atoms with van der Waals surface area (Å²) in [5, 5.41) is 0. The number of pyridine rings is 1. The average molecular weight is 386 g/mol. The molecule has 7 nitrogen and oxygen atoms in total. The van der Waals surface area contributed by atoms with Gasteiger partial charge in [0.2, 0.25) is 5.91 Å². The molecule has 1 aliphatic carbocycles. The Hall–Kier alpha value is -1.99. The minimum Gasteiger partial charge on any atom is -0.462 e. The van der Waals surface area contributed by atoms with Crippen molar-refractivity contribution in [1.82, 2.24) is 19.7 Å². The Balaban J connectivity index is 1.28. The molecule has 1 aromatic heterocycles. The first kappa shape index (κ1) is 19.3. The summed E-state index contributed by atoms with van der Waals surface area (Å²) in [6.07, 6.45) is 6.40. The van der Waals surface area contributed by atoms with E-state index in [1.807, 2.05) is 11.0 Å². The van der Waals surface area contributed by atoms with Crippen LogP contribution >= 0.6 is 0 Å². The topological polar surface area (TPSA) is 66.0 Å². The molecule has 0 unspecified atom stereocenters. The fourth-order valence-corrected chi connectivity index (χ4v) is 4.31. The average Bonchev–Trinajstić information content (AvgIpc) is 2.67. The Morgan fingerprint density at radius 2 is 1.96 bits per heavy atom. The van der Waals surface area contributed by atoms with E-state index in [1.54, 1.807) is 13.1 Å². The highest BCUT2D eigenvalue weighted by molar-refractivity contribution is 5.89. The van der Waals surface area contributed by atoms with Gasteiger partial charge in [-0.1, -0.05) is 6.42 Å². The summed E-state index contributed by atoms with van der Waals surface area (Å²) >= 11 is 0. The van der Waals surface area contributed by atoms with Crippen molar-refractivity contribution >= 4 is 11.9 Å². The molecule has 7 heteroatoms. The van der Waals surface area contributed by atoms with Crippen molar-refractivity contribution in [1.29, 1.82) is 0 Å². The number of amides is 1. The summed E-state index contributed by atoms with van der Waals surface area (Å²) in [7, 11) is 0. The normalized spacial score (nSPS) is 21.1. The van der Waals surface area contributed by atoms with E-state index in [0.717, 1.165) is 56.4 Å². The molecule has 4 rings (SSSR count). The van der Waals surface area contributed by atoms with Crippen LogP contribution in [-0.4, -0.2) is 83.5 Å². The highest BCUT2D eigenvalue weighted by Gasteiger charge is 2.30. The molecule has 0 spiro atoms. The number of carbonyl (C=O) groups excluding carboxylic acids is 2. The summed E-state index contributed by atoms with van der Waals surface area (Å²) in [5.41, 5.74) is 2.56. The Labute approximate surface area is 166 Å². The van der Waals surface area contributed by atoms with Gasteiger partial charge < -0.3 is 9.64 Å². The molecular formula is C21H30N4O3. The summed E-state index contributed by atoms with van der Waals surface area (Å²) in [6, 6.07) is 2.65. The maximum Gasteiger partial charge on any atom is 0.339 e. The van der Waals surface area contributed by atoms with Crippen LogP contribution < -0.4 is 0 Å². The van der Waals surface area contributed by atoms with Gasteiger partial charge in [0, 0.05) is 51.5 Å². The van der Waals surface area contributed by atoms with E-state index in [0.29, 0.717) is 25.3 Å². The van der Waals surface area contributed by atoms with Crippen LogP contribution in [0.5, 0.6) is 0 Å². The van der Waals surface area contributed by atoms with Crippen molar-refractivity contribution in [3.8, 4) is 0 Å². The highest BCUT2D eigenvalue weighted by Crippen LogP contribution is 2.25. The van der Waals surface area contributed by atoms with Gasteiger partial charge in [-0.05, 0) is 37.8 Å². The summed E-state index contributed by atoms with van der Waals surface area (Å²) < 4.78 is 5.05. The molecule has 3 aliphatic rings. The van der Waals surface area contributed by atoms with E-state index in [1.165, 1.54) is 19.3 Å². The lowest BCUT2D eigenvalue weighted by Crippen LogP contribution is -2.55. The first-order chi connectivity index (χ1) is 13.6. The maximum absolute atomic E-state index is 12.7. The van der Waals surface area contributed by atoms with Crippen LogP contribution in [0.25, 0.3) is 0 Å². The summed E-state index contributed by atoms with van der Waals surface area (Å²) in [5.74, 6) is -0.101. The van der Waals surface area contributed by atoms with Crippen molar-refractivity contribution in [2.45, 2.75) is 45.2 Å². The number of ether oxygens (including phenoxy) is 1. The molecule has 3 heterocycles. The summed E-state index contributed by atoms with van der Waals surface area (Å²) in [6.45, 7) is 7.80.